The Morgan fingerprint density at radius 1 is 1.15 bits per heavy atom. The van der Waals surface area contributed by atoms with Gasteiger partial charge < -0.3 is 5.32 Å². The second-order valence-electron chi connectivity index (χ2n) is 4.94. The molecule has 3 rings (SSSR count). The third kappa shape index (κ3) is 2.68. The maximum atomic E-state index is 9.30. The Morgan fingerprint density at radius 3 is 2.65 bits per heavy atom. The molecule has 0 unspecified atom stereocenters. The molecule has 4 heteroatoms. The molecule has 1 aliphatic carbocycles. The molecule has 3 nitrogen and oxygen atoms in total. The fraction of sp³-hybridized carbons (Fsp3) is 0.250. The number of fused-ring (bicyclic) bond motifs is 1. The minimum atomic E-state index is 0.619. The second kappa shape index (κ2) is 5.64. The standard InChI is InChI=1S/C16H14BrN3/c17-13-5-7-14(8-6-13)19-16-12(10-18)9-11-3-1-2-4-15(11)20-16/h5-9H,1-4H2,(H,19,20). The first-order valence-electron chi connectivity index (χ1n) is 6.72. The molecule has 0 aliphatic heterocycles. The summed E-state index contributed by atoms with van der Waals surface area (Å²) in [5.41, 5.74) is 3.92. The Bertz CT molecular complexity index is 671. The molecule has 0 spiro atoms. The molecular weight excluding hydrogens is 314 g/mol. The van der Waals surface area contributed by atoms with Crippen LogP contribution in [-0.2, 0) is 12.8 Å². The molecule has 1 N–H and O–H groups in total. The summed E-state index contributed by atoms with van der Waals surface area (Å²) in [7, 11) is 0. The van der Waals surface area contributed by atoms with Gasteiger partial charge in [-0.25, -0.2) is 4.98 Å². The van der Waals surface area contributed by atoms with E-state index in [1.165, 1.54) is 18.4 Å². The van der Waals surface area contributed by atoms with Crippen molar-refractivity contribution in [3.05, 3.63) is 51.6 Å². The van der Waals surface area contributed by atoms with E-state index in [-0.39, 0.29) is 0 Å². The fourth-order valence-corrected chi connectivity index (χ4v) is 2.75. The van der Waals surface area contributed by atoms with Crippen LogP contribution in [0.4, 0.5) is 11.5 Å². The van der Waals surface area contributed by atoms with Crippen LogP contribution in [0.3, 0.4) is 0 Å². The molecular formula is C16H14BrN3. The van der Waals surface area contributed by atoms with Gasteiger partial charge in [0.2, 0.25) is 0 Å². The van der Waals surface area contributed by atoms with Crippen molar-refractivity contribution in [2.24, 2.45) is 0 Å². The largest absolute Gasteiger partial charge is 0.339 e. The van der Waals surface area contributed by atoms with Gasteiger partial charge in [0.05, 0.1) is 5.56 Å². The van der Waals surface area contributed by atoms with Gasteiger partial charge in [-0.1, -0.05) is 15.9 Å². The van der Waals surface area contributed by atoms with Crippen molar-refractivity contribution in [2.75, 3.05) is 5.32 Å². The number of rotatable bonds is 2. The lowest BCUT2D eigenvalue weighted by atomic mass is 9.95. The van der Waals surface area contributed by atoms with Gasteiger partial charge in [0.1, 0.15) is 11.9 Å². The molecule has 2 aromatic rings. The highest BCUT2D eigenvalue weighted by atomic mass is 79.9. The molecule has 1 aromatic carbocycles. The van der Waals surface area contributed by atoms with Crippen LogP contribution in [0, 0.1) is 11.3 Å². The first-order valence-corrected chi connectivity index (χ1v) is 7.51. The molecule has 1 heterocycles. The molecule has 0 atom stereocenters. The van der Waals surface area contributed by atoms with E-state index in [0.29, 0.717) is 11.4 Å². The Labute approximate surface area is 126 Å². The lowest BCUT2D eigenvalue weighted by molar-refractivity contribution is 0.668. The van der Waals surface area contributed by atoms with Gasteiger partial charge in [-0.15, -0.1) is 0 Å². The van der Waals surface area contributed by atoms with E-state index in [1.807, 2.05) is 30.3 Å². The van der Waals surface area contributed by atoms with Crippen LogP contribution in [-0.4, -0.2) is 4.98 Å². The Hall–Kier alpha value is -1.86. The molecule has 0 saturated carbocycles. The highest BCUT2D eigenvalue weighted by molar-refractivity contribution is 9.10. The van der Waals surface area contributed by atoms with Crippen molar-refractivity contribution in [3.63, 3.8) is 0 Å². The number of nitrogens with one attached hydrogen (secondary N) is 1. The molecule has 1 aliphatic rings. The number of benzene rings is 1. The maximum absolute atomic E-state index is 9.30. The molecule has 0 amide bonds. The molecule has 0 saturated heterocycles. The minimum absolute atomic E-state index is 0.619. The van der Waals surface area contributed by atoms with Gasteiger partial charge in [-0.05, 0) is 61.6 Å². The normalized spacial score (nSPS) is 13.4. The first kappa shape index (κ1) is 13.1. The predicted molar refractivity (Wildman–Crippen MR) is 83.0 cm³/mol. The first-order chi connectivity index (χ1) is 9.76. The number of pyridine rings is 1. The van der Waals surface area contributed by atoms with E-state index in [1.54, 1.807) is 0 Å². The number of anilines is 2. The van der Waals surface area contributed by atoms with Crippen LogP contribution in [0.1, 0.15) is 29.7 Å². The average Bonchev–Trinajstić information content (AvgIpc) is 2.49. The summed E-state index contributed by atoms with van der Waals surface area (Å²) in [6.07, 6.45) is 4.42. The minimum Gasteiger partial charge on any atom is -0.339 e. The second-order valence-corrected chi connectivity index (χ2v) is 5.86. The predicted octanol–water partition coefficient (Wildman–Crippen LogP) is 4.34. The summed E-state index contributed by atoms with van der Waals surface area (Å²) < 4.78 is 1.03. The van der Waals surface area contributed by atoms with Crippen LogP contribution >= 0.6 is 15.9 Å². The summed E-state index contributed by atoms with van der Waals surface area (Å²) in [6.45, 7) is 0. The third-order valence-electron chi connectivity index (χ3n) is 3.53. The molecule has 0 radical (unpaired) electrons. The van der Waals surface area contributed by atoms with Gasteiger partial charge >= 0.3 is 0 Å². The summed E-state index contributed by atoms with van der Waals surface area (Å²) in [5.74, 6) is 0.662. The Morgan fingerprint density at radius 2 is 1.90 bits per heavy atom. The number of aryl methyl sites for hydroxylation is 2. The van der Waals surface area contributed by atoms with Crippen molar-refractivity contribution >= 4 is 27.4 Å². The smallest absolute Gasteiger partial charge is 0.148 e. The van der Waals surface area contributed by atoms with E-state index in [4.69, 9.17) is 0 Å². The van der Waals surface area contributed by atoms with Crippen LogP contribution in [0.2, 0.25) is 0 Å². The summed E-state index contributed by atoms with van der Waals surface area (Å²) >= 11 is 3.41. The number of nitrogens with zero attached hydrogens (tertiary/aromatic N) is 2. The van der Waals surface area contributed by atoms with Gasteiger partial charge in [0.15, 0.2) is 0 Å². The van der Waals surface area contributed by atoms with Crippen LogP contribution < -0.4 is 5.32 Å². The highest BCUT2D eigenvalue weighted by Crippen LogP contribution is 2.26. The third-order valence-corrected chi connectivity index (χ3v) is 4.06. The zero-order valence-electron chi connectivity index (χ0n) is 11.0. The fourth-order valence-electron chi connectivity index (χ4n) is 2.48. The van der Waals surface area contributed by atoms with Gasteiger partial charge in [-0.2, -0.15) is 5.26 Å². The SMILES string of the molecule is N#Cc1cc2c(nc1Nc1ccc(Br)cc1)CCCC2. The molecule has 100 valence electrons. The number of hydrogen-bond donors (Lipinski definition) is 1. The Balaban J connectivity index is 1.96. The topological polar surface area (TPSA) is 48.7 Å². The zero-order chi connectivity index (χ0) is 13.9. The monoisotopic (exact) mass is 327 g/mol. The zero-order valence-corrected chi connectivity index (χ0v) is 12.6. The van der Waals surface area contributed by atoms with Crippen molar-refractivity contribution in [1.82, 2.24) is 4.98 Å². The molecule has 0 bridgehead atoms. The van der Waals surface area contributed by atoms with E-state index in [0.717, 1.165) is 28.7 Å². The maximum Gasteiger partial charge on any atom is 0.148 e. The Kier molecular flexibility index (Phi) is 3.70. The highest BCUT2D eigenvalue weighted by Gasteiger charge is 2.15. The number of halogens is 1. The van der Waals surface area contributed by atoms with Crippen molar-refractivity contribution in [3.8, 4) is 6.07 Å². The summed E-state index contributed by atoms with van der Waals surface area (Å²) in [5, 5.41) is 12.6. The molecule has 1 aromatic heterocycles. The summed E-state index contributed by atoms with van der Waals surface area (Å²) in [4.78, 5) is 4.66. The number of hydrogen-bond acceptors (Lipinski definition) is 3. The summed E-state index contributed by atoms with van der Waals surface area (Å²) in [6, 6.07) is 12.1. The van der Waals surface area contributed by atoms with Crippen LogP contribution in [0.25, 0.3) is 0 Å². The van der Waals surface area contributed by atoms with Gasteiger partial charge in [0.25, 0.3) is 0 Å². The van der Waals surface area contributed by atoms with Gasteiger partial charge in [0, 0.05) is 15.9 Å². The van der Waals surface area contributed by atoms with Gasteiger partial charge in [-0.3, -0.25) is 0 Å². The van der Waals surface area contributed by atoms with Crippen molar-refractivity contribution in [2.45, 2.75) is 25.7 Å². The molecule has 20 heavy (non-hydrogen) atoms. The molecule has 0 fully saturated rings. The van der Waals surface area contributed by atoms with Crippen LogP contribution in [0.15, 0.2) is 34.8 Å². The number of aromatic nitrogens is 1. The lowest BCUT2D eigenvalue weighted by Gasteiger charge is -2.17. The lowest BCUT2D eigenvalue weighted by Crippen LogP contribution is -2.08. The van der Waals surface area contributed by atoms with Crippen LogP contribution in [0.5, 0.6) is 0 Å². The average molecular weight is 328 g/mol. The van der Waals surface area contributed by atoms with E-state index in [2.05, 4.69) is 32.3 Å². The van der Waals surface area contributed by atoms with E-state index >= 15 is 0 Å². The van der Waals surface area contributed by atoms with Crippen molar-refractivity contribution < 1.29 is 0 Å². The number of nitriles is 1. The van der Waals surface area contributed by atoms with E-state index < -0.39 is 0 Å². The van der Waals surface area contributed by atoms with E-state index in [9.17, 15) is 5.26 Å². The van der Waals surface area contributed by atoms with Crippen molar-refractivity contribution in [1.29, 1.82) is 5.26 Å². The quantitative estimate of drug-likeness (QED) is 0.892.